The fourth-order valence-corrected chi connectivity index (χ4v) is 5.13. The second-order valence-corrected chi connectivity index (χ2v) is 10.0. The summed E-state index contributed by atoms with van der Waals surface area (Å²) >= 11 is 0. The Kier molecular flexibility index (Phi) is 8.60. The van der Waals surface area contributed by atoms with Crippen molar-refractivity contribution >= 4 is 5.69 Å². The Bertz CT molecular complexity index is 1060. The van der Waals surface area contributed by atoms with Crippen LogP contribution in [0.15, 0.2) is 66.7 Å². The molecule has 1 N–H and O–H groups in total. The lowest BCUT2D eigenvalue weighted by atomic mass is 9.96. The fourth-order valence-electron chi connectivity index (χ4n) is 5.13. The van der Waals surface area contributed by atoms with Crippen LogP contribution in [0.5, 0.6) is 5.75 Å². The molecular weight excluding hydrogens is 456 g/mol. The lowest BCUT2D eigenvalue weighted by Crippen LogP contribution is -2.48. The third-order valence-electron chi connectivity index (χ3n) is 7.08. The van der Waals surface area contributed by atoms with Gasteiger partial charge in [0.1, 0.15) is 17.4 Å². The first-order valence-corrected chi connectivity index (χ1v) is 12.9. The molecule has 0 radical (unpaired) electrons. The van der Waals surface area contributed by atoms with Crippen molar-refractivity contribution in [3.63, 3.8) is 0 Å². The molecule has 0 amide bonds. The average molecular weight is 494 g/mol. The van der Waals surface area contributed by atoms with E-state index in [1.807, 2.05) is 37.3 Å². The Balaban J connectivity index is 1.37. The van der Waals surface area contributed by atoms with Crippen LogP contribution in [0.25, 0.3) is 0 Å². The van der Waals surface area contributed by atoms with Crippen LogP contribution in [-0.4, -0.2) is 60.2 Å². The Labute approximate surface area is 213 Å². The van der Waals surface area contributed by atoms with Gasteiger partial charge in [-0.1, -0.05) is 30.3 Å². The van der Waals surface area contributed by atoms with Crippen LogP contribution < -0.4 is 4.90 Å². The molecule has 0 aliphatic carbocycles. The van der Waals surface area contributed by atoms with Gasteiger partial charge in [0, 0.05) is 38.8 Å². The molecule has 6 heteroatoms. The number of hydrogen-bond acceptors (Lipinski definition) is 4. The number of hydrogen-bond donors (Lipinski definition) is 1. The molecule has 0 saturated carbocycles. The van der Waals surface area contributed by atoms with Crippen molar-refractivity contribution in [3.8, 4) is 5.75 Å². The number of aromatic hydroxyl groups is 1. The summed E-state index contributed by atoms with van der Waals surface area (Å²) in [5, 5.41) is 10.4. The molecule has 1 aliphatic heterocycles. The number of aryl methyl sites for hydroxylation is 1. The summed E-state index contributed by atoms with van der Waals surface area (Å²) in [6.45, 7) is 11.9. The molecule has 1 aliphatic rings. The highest BCUT2D eigenvalue weighted by molar-refractivity contribution is 5.59. The zero-order chi connectivity index (χ0) is 25.7. The van der Waals surface area contributed by atoms with Gasteiger partial charge in [-0.25, -0.2) is 8.78 Å². The Hall–Kier alpha value is -2.96. The first kappa shape index (κ1) is 26.1. The number of halogens is 2. The minimum absolute atomic E-state index is 0.0333. The Morgan fingerprint density at radius 2 is 1.39 bits per heavy atom. The quantitative estimate of drug-likeness (QED) is 0.397. The van der Waals surface area contributed by atoms with Gasteiger partial charge in [-0.3, -0.25) is 4.90 Å². The molecule has 1 fully saturated rings. The molecule has 3 aromatic carbocycles. The van der Waals surface area contributed by atoms with Crippen LogP contribution in [0.3, 0.4) is 0 Å². The molecule has 4 nitrogen and oxygen atoms in total. The number of piperazine rings is 1. The molecular formula is C30H37F2N3O. The number of phenolic OH excluding ortho intramolecular Hbond substituents is 1. The third-order valence-corrected chi connectivity index (χ3v) is 7.08. The molecule has 3 aromatic rings. The van der Waals surface area contributed by atoms with Crippen molar-refractivity contribution < 1.29 is 13.9 Å². The van der Waals surface area contributed by atoms with Crippen LogP contribution in [0.4, 0.5) is 14.5 Å². The molecule has 192 valence electrons. The molecule has 1 heterocycles. The molecule has 0 aromatic heterocycles. The van der Waals surface area contributed by atoms with E-state index in [1.165, 1.54) is 24.3 Å². The van der Waals surface area contributed by atoms with Crippen molar-refractivity contribution in [3.05, 3.63) is 95.1 Å². The van der Waals surface area contributed by atoms with E-state index in [9.17, 15) is 13.9 Å². The standard InChI is InChI=1S/C30H37F2N3O/c1-22(2)35(28-21-23(3)5-14-29(28)36)16-4-15-33-17-19-34(20-18-33)30(24-6-10-26(31)11-7-24)25-8-12-27(32)13-9-25/h5-14,21-22,30,36H,4,15-20H2,1-3H3. The highest BCUT2D eigenvalue weighted by Gasteiger charge is 2.26. The van der Waals surface area contributed by atoms with Gasteiger partial charge in [0.2, 0.25) is 0 Å². The number of benzene rings is 3. The van der Waals surface area contributed by atoms with Crippen LogP contribution >= 0.6 is 0 Å². The maximum atomic E-state index is 13.6. The topological polar surface area (TPSA) is 30.0 Å². The summed E-state index contributed by atoms with van der Waals surface area (Å²) < 4.78 is 27.2. The second kappa shape index (κ2) is 11.8. The molecule has 1 saturated heterocycles. The number of rotatable bonds is 9. The van der Waals surface area contributed by atoms with E-state index in [2.05, 4.69) is 34.6 Å². The van der Waals surface area contributed by atoms with E-state index in [1.54, 1.807) is 6.07 Å². The molecule has 0 bridgehead atoms. The maximum Gasteiger partial charge on any atom is 0.138 e. The van der Waals surface area contributed by atoms with Gasteiger partial charge in [-0.05, 0) is 86.8 Å². The second-order valence-electron chi connectivity index (χ2n) is 10.0. The smallest absolute Gasteiger partial charge is 0.138 e. The summed E-state index contributed by atoms with van der Waals surface area (Å²) in [6, 6.07) is 19.3. The van der Waals surface area contributed by atoms with Gasteiger partial charge in [0.15, 0.2) is 0 Å². The van der Waals surface area contributed by atoms with Crippen LogP contribution in [-0.2, 0) is 0 Å². The van der Waals surface area contributed by atoms with E-state index in [0.29, 0.717) is 11.8 Å². The third kappa shape index (κ3) is 6.42. The van der Waals surface area contributed by atoms with Crippen molar-refractivity contribution in [2.24, 2.45) is 0 Å². The summed E-state index contributed by atoms with van der Waals surface area (Å²) in [4.78, 5) is 7.16. The molecule has 0 unspecified atom stereocenters. The van der Waals surface area contributed by atoms with Crippen molar-refractivity contribution in [1.82, 2.24) is 9.80 Å². The lowest BCUT2D eigenvalue weighted by molar-refractivity contribution is 0.109. The molecule has 0 spiro atoms. The Morgan fingerprint density at radius 1 is 0.833 bits per heavy atom. The van der Waals surface area contributed by atoms with Crippen LogP contribution in [0, 0.1) is 18.6 Å². The van der Waals surface area contributed by atoms with Gasteiger partial charge in [-0.2, -0.15) is 0 Å². The zero-order valence-corrected chi connectivity index (χ0v) is 21.5. The normalized spacial score (nSPS) is 15.1. The lowest BCUT2D eigenvalue weighted by Gasteiger charge is -2.40. The van der Waals surface area contributed by atoms with E-state index in [4.69, 9.17) is 0 Å². The Morgan fingerprint density at radius 3 is 1.92 bits per heavy atom. The van der Waals surface area contributed by atoms with E-state index < -0.39 is 0 Å². The first-order chi connectivity index (χ1) is 17.3. The monoisotopic (exact) mass is 493 g/mol. The van der Waals surface area contributed by atoms with Gasteiger partial charge in [0.25, 0.3) is 0 Å². The van der Waals surface area contributed by atoms with E-state index >= 15 is 0 Å². The number of anilines is 1. The minimum atomic E-state index is -0.254. The SMILES string of the molecule is Cc1ccc(O)c(N(CCCN2CCN(C(c3ccc(F)cc3)c3ccc(F)cc3)CC2)C(C)C)c1. The zero-order valence-electron chi connectivity index (χ0n) is 21.5. The summed E-state index contributed by atoms with van der Waals surface area (Å²) in [5.74, 6) is -0.178. The number of nitrogens with zero attached hydrogens (tertiary/aromatic N) is 3. The van der Waals surface area contributed by atoms with Crippen molar-refractivity contribution in [1.29, 1.82) is 0 Å². The fraction of sp³-hybridized carbons (Fsp3) is 0.400. The van der Waals surface area contributed by atoms with Gasteiger partial charge >= 0.3 is 0 Å². The summed E-state index contributed by atoms with van der Waals surface area (Å²) in [6.07, 6.45) is 1.00. The number of phenols is 1. The van der Waals surface area contributed by atoms with E-state index in [-0.39, 0.29) is 17.7 Å². The largest absolute Gasteiger partial charge is 0.506 e. The van der Waals surface area contributed by atoms with Crippen LogP contribution in [0.1, 0.15) is 43.0 Å². The van der Waals surface area contributed by atoms with Gasteiger partial charge < -0.3 is 14.9 Å². The molecule has 4 rings (SSSR count). The highest BCUT2D eigenvalue weighted by atomic mass is 19.1. The summed E-state index contributed by atoms with van der Waals surface area (Å²) in [5.41, 5.74) is 4.07. The molecule has 36 heavy (non-hydrogen) atoms. The predicted molar refractivity (Wildman–Crippen MR) is 143 cm³/mol. The van der Waals surface area contributed by atoms with Gasteiger partial charge in [-0.15, -0.1) is 0 Å². The predicted octanol–water partition coefficient (Wildman–Crippen LogP) is 5.99. The van der Waals surface area contributed by atoms with Crippen LogP contribution in [0.2, 0.25) is 0 Å². The highest BCUT2D eigenvalue weighted by Crippen LogP contribution is 2.31. The first-order valence-electron chi connectivity index (χ1n) is 12.9. The maximum absolute atomic E-state index is 13.6. The molecule has 0 atom stereocenters. The summed E-state index contributed by atoms with van der Waals surface area (Å²) in [7, 11) is 0. The van der Waals surface area contributed by atoms with Crippen molar-refractivity contribution in [2.45, 2.75) is 39.3 Å². The van der Waals surface area contributed by atoms with E-state index in [0.717, 1.165) is 68.1 Å². The average Bonchev–Trinajstić information content (AvgIpc) is 2.87. The van der Waals surface area contributed by atoms with Gasteiger partial charge in [0.05, 0.1) is 11.7 Å². The van der Waals surface area contributed by atoms with Crippen molar-refractivity contribution in [2.75, 3.05) is 44.2 Å². The minimum Gasteiger partial charge on any atom is -0.506 e.